The molecule has 18 heavy (non-hydrogen) atoms. The molecule has 0 unspecified atom stereocenters. The second kappa shape index (κ2) is 5.22. The van der Waals surface area contributed by atoms with Gasteiger partial charge in [0.05, 0.1) is 4.92 Å². The lowest BCUT2D eigenvalue weighted by atomic mass is 10.3. The summed E-state index contributed by atoms with van der Waals surface area (Å²) in [6.45, 7) is 0.227. The van der Waals surface area contributed by atoms with E-state index in [0.717, 1.165) is 17.7 Å². The second-order valence-corrected chi connectivity index (χ2v) is 3.52. The molecule has 0 radical (unpaired) electrons. The predicted octanol–water partition coefficient (Wildman–Crippen LogP) is 2.71. The van der Waals surface area contributed by atoms with Crippen LogP contribution in [0.3, 0.4) is 0 Å². The van der Waals surface area contributed by atoms with Crippen LogP contribution in [0.15, 0.2) is 42.7 Å². The minimum Gasteiger partial charge on any atom is -0.489 e. The first-order chi connectivity index (χ1) is 8.66. The lowest BCUT2D eigenvalue weighted by Crippen LogP contribution is -1.97. The monoisotopic (exact) mass is 248 g/mol. The summed E-state index contributed by atoms with van der Waals surface area (Å²) in [6, 6.07) is 7.00. The number of nitrogens with zero attached hydrogens (tertiary/aromatic N) is 2. The van der Waals surface area contributed by atoms with E-state index in [2.05, 4.69) is 4.98 Å². The summed E-state index contributed by atoms with van der Waals surface area (Å²) < 4.78 is 18.6. The van der Waals surface area contributed by atoms with Gasteiger partial charge in [0.25, 0.3) is 0 Å². The van der Waals surface area contributed by atoms with E-state index < -0.39 is 16.4 Å². The minimum absolute atomic E-state index is 0.227. The number of rotatable bonds is 4. The van der Waals surface area contributed by atoms with Crippen LogP contribution >= 0.6 is 0 Å². The van der Waals surface area contributed by atoms with Gasteiger partial charge in [0.15, 0.2) is 0 Å². The number of hydrogen-bond acceptors (Lipinski definition) is 4. The Labute approximate surface area is 102 Å². The van der Waals surface area contributed by atoms with Crippen LogP contribution in [0.1, 0.15) is 5.56 Å². The van der Waals surface area contributed by atoms with Gasteiger partial charge in [-0.15, -0.1) is 0 Å². The van der Waals surface area contributed by atoms with Gasteiger partial charge in [0.2, 0.25) is 5.82 Å². The van der Waals surface area contributed by atoms with Crippen molar-refractivity contribution in [1.29, 1.82) is 0 Å². The number of pyridine rings is 1. The van der Waals surface area contributed by atoms with Crippen LogP contribution in [0.4, 0.5) is 10.1 Å². The highest BCUT2D eigenvalue weighted by Gasteiger charge is 2.14. The first-order valence-corrected chi connectivity index (χ1v) is 5.12. The van der Waals surface area contributed by atoms with Gasteiger partial charge in [-0.2, -0.15) is 4.39 Å². The van der Waals surface area contributed by atoms with Gasteiger partial charge in [0.1, 0.15) is 12.4 Å². The normalized spacial score (nSPS) is 10.1. The molecule has 0 aliphatic heterocycles. The third-order valence-electron chi connectivity index (χ3n) is 2.24. The van der Waals surface area contributed by atoms with E-state index in [4.69, 9.17) is 4.74 Å². The summed E-state index contributed by atoms with van der Waals surface area (Å²) in [7, 11) is 0. The Morgan fingerprint density at radius 1 is 1.39 bits per heavy atom. The maximum atomic E-state index is 13.3. The van der Waals surface area contributed by atoms with Crippen molar-refractivity contribution in [2.75, 3.05) is 0 Å². The van der Waals surface area contributed by atoms with Gasteiger partial charge in [0, 0.05) is 30.1 Å². The fourth-order valence-corrected chi connectivity index (χ4v) is 1.38. The summed E-state index contributed by atoms with van der Waals surface area (Å²) in [5.74, 6) is -0.675. The zero-order valence-electron chi connectivity index (χ0n) is 9.25. The Balaban J connectivity index is 2.07. The van der Waals surface area contributed by atoms with Crippen LogP contribution in [-0.4, -0.2) is 9.91 Å². The van der Waals surface area contributed by atoms with Crippen molar-refractivity contribution < 1.29 is 14.1 Å². The van der Waals surface area contributed by atoms with E-state index in [0.29, 0.717) is 0 Å². The molecule has 1 aromatic heterocycles. The van der Waals surface area contributed by atoms with Crippen LogP contribution < -0.4 is 4.74 Å². The van der Waals surface area contributed by atoms with Crippen LogP contribution in [-0.2, 0) is 6.61 Å². The Kier molecular flexibility index (Phi) is 3.47. The van der Waals surface area contributed by atoms with E-state index in [1.807, 2.05) is 6.07 Å². The van der Waals surface area contributed by atoms with Crippen molar-refractivity contribution >= 4 is 5.69 Å². The lowest BCUT2D eigenvalue weighted by molar-refractivity contribution is -0.387. The number of nitro benzene ring substituents is 1. The quantitative estimate of drug-likeness (QED) is 0.616. The third kappa shape index (κ3) is 2.79. The molecule has 5 nitrogen and oxygen atoms in total. The van der Waals surface area contributed by atoms with Gasteiger partial charge in [-0.1, -0.05) is 6.07 Å². The first-order valence-electron chi connectivity index (χ1n) is 5.12. The van der Waals surface area contributed by atoms with Crippen molar-refractivity contribution in [3.63, 3.8) is 0 Å². The van der Waals surface area contributed by atoms with E-state index in [1.165, 1.54) is 6.07 Å². The average Bonchev–Trinajstić information content (AvgIpc) is 2.37. The zero-order chi connectivity index (χ0) is 13.0. The Morgan fingerprint density at radius 3 is 2.83 bits per heavy atom. The van der Waals surface area contributed by atoms with Crippen molar-refractivity contribution in [3.8, 4) is 5.75 Å². The molecule has 2 aromatic rings. The fraction of sp³-hybridized carbons (Fsp3) is 0.0833. The lowest BCUT2D eigenvalue weighted by Gasteiger charge is -2.05. The maximum absolute atomic E-state index is 13.3. The van der Waals surface area contributed by atoms with Gasteiger partial charge in [-0.3, -0.25) is 15.1 Å². The molecule has 1 heterocycles. The first kappa shape index (κ1) is 12.0. The highest BCUT2D eigenvalue weighted by atomic mass is 19.1. The molecular formula is C12H9FN2O3. The third-order valence-corrected chi connectivity index (χ3v) is 2.24. The van der Waals surface area contributed by atoms with Crippen LogP contribution in [0.25, 0.3) is 0 Å². The maximum Gasteiger partial charge on any atom is 0.305 e. The summed E-state index contributed by atoms with van der Waals surface area (Å²) in [5.41, 5.74) is 0.264. The number of hydrogen-bond donors (Lipinski definition) is 0. The molecule has 2 rings (SSSR count). The Morgan fingerprint density at radius 2 is 2.22 bits per heavy atom. The molecule has 0 spiro atoms. The van der Waals surface area contributed by atoms with Crippen LogP contribution in [0.5, 0.6) is 5.75 Å². The average molecular weight is 248 g/mol. The van der Waals surface area contributed by atoms with E-state index >= 15 is 0 Å². The van der Waals surface area contributed by atoms with Gasteiger partial charge < -0.3 is 4.74 Å². The molecule has 0 N–H and O–H groups in total. The molecule has 0 fully saturated rings. The second-order valence-electron chi connectivity index (χ2n) is 3.52. The van der Waals surface area contributed by atoms with Crippen molar-refractivity contribution in [2.24, 2.45) is 0 Å². The van der Waals surface area contributed by atoms with Gasteiger partial charge in [-0.05, 0) is 12.1 Å². The molecule has 1 aromatic carbocycles. The molecule has 6 heteroatoms. The SMILES string of the molecule is O=[N+]([O-])c1ccc(OCc2cccnc2)cc1F. The van der Waals surface area contributed by atoms with E-state index in [-0.39, 0.29) is 12.4 Å². The molecule has 0 bridgehead atoms. The summed E-state index contributed by atoms with van der Waals surface area (Å²) >= 11 is 0. The number of aromatic nitrogens is 1. The van der Waals surface area contributed by atoms with Crippen molar-refractivity contribution in [2.45, 2.75) is 6.61 Å². The summed E-state index contributed by atoms with van der Waals surface area (Å²) in [6.07, 6.45) is 3.26. The predicted molar refractivity (Wildman–Crippen MR) is 61.6 cm³/mol. The highest BCUT2D eigenvalue weighted by molar-refractivity contribution is 5.38. The molecule has 0 amide bonds. The molecular weight excluding hydrogens is 239 g/mol. The van der Waals surface area contributed by atoms with Crippen LogP contribution in [0.2, 0.25) is 0 Å². The molecule has 0 atom stereocenters. The Hall–Kier alpha value is -2.50. The van der Waals surface area contributed by atoms with Gasteiger partial charge in [-0.25, -0.2) is 0 Å². The molecule has 0 aliphatic carbocycles. The highest BCUT2D eigenvalue weighted by Crippen LogP contribution is 2.22. The van der Waals surface area contributed by atoms with E-state index in [9.17, 15) is 14.5 Å². The molecule has 0 aliphatic rings. The van der Waals surface area contributed by atoms with Crippen molar-refractivity contribution in [3.05, 3.63) is 64.2 Å². The summed E-state index contributed by atoms with van der Waals surface area (Å²) in [5, 5.41) is 10.4. The zero-order valence-corrected chi connectivity index (χ0v) is 9.25. The minimum atomic E-state index is -0.913. The number of halogens is 1. The molecule has 92 valence electrons. The number of nitro groups is 1. The largest absolute Gasteiger partial charge is 0.489 e. The standard InChI is InChI=1S/C12H9FN2O3/c13-11-6-10(3-4-12(11)15(16)17)18-8-9-2-1-5-14-7-9/h1-7H,8H2. The number of benzene rings is 1. The summed E-state index contributed by atoms with van der Waals surface area (Å²) in [4.78, 5) is 13.6. The number of ether oxygens (including phenoxy) is 1. The smallest absolute Gasteiger partial charge is 0.305 e. The van der Waals surface area contributed by atoms with Crippen molar-refractivity contribution in [1.82, 2.24) is 4.98 Å². The fourth-order valence-electron chi connectivity index (χ4n) is 1.38. The Bertz CT molecular complexity index is 561. The van der Waals surface area contributed by atoms with Crippen LogP contribution in [0, 0.1) is 15.9 Å². The van der Waals surface area contributed by atoms with E-state index in [1.54, 1.807) is 18.5 Å². The van der Waals surface area contributed by atoms with Gasteiger partial charge >= 0.3 is 5.69 Å². The molecule has 0 saturated heterocycles. The topological polar surface area (TPSA) is 65.3 Å². The molecule has 0 saturated carbocycles.